The highest BCUT2D eigenvalue weighted by molar-refractivity contribution is 6.43. The predicted molar refractivity (Wildman–Crippen MR) is 106 cm³/mol. The van der Waals surface area contributed by atoms with Crippen molar-refractivity contribution in [3.8, 4) is 0 Å². The molecule has 2 aromatic rings. The van der Waals surface area contributed by atoms with Crippen molar-refractivity contribution in [2.24, 2.45) is 4.99 Å². The molecule has 0 fully saturated rings. The van der Waals surface area contributed by atoms with Crippen LogP contribution in [0.3, 0.4) is 0 Å². The van der Waals surface area contributed by atoms with E-state index in [2.05, 4.69) is 55.1 Å². The molecule has 0 bridgehead atoms. The van der Waals surface area contributed by atoms with Crippen LogP contribution in [0.5, 0.6) is 0 Å². The van der Waals surface area contributed by atoms with Gasteiger partial charge in [-0.05, 0) is 29.8 Å². The summed E-state index contributed by atoms with van der Waals surface area (Å²) in [6.45, 7) is 4.42. The summed E-state index contributed by atoms with van der Waals surface area (Å²) in [5.41, 5.74) is 4.20. The Morgan fingerprint density at radius 3 is 2.38 bits per heavy atom. The molecule has 0 aliphatic carbocycles. The van der Waals surface area contributed by atoms with E-state index in [9.17, 15) is 0 Å². The number of fused-ring (bicyclic) bond motifs is 1. The molecule has 0 spiro atoms. The Hall–Kier alpha value is -1.48. The van der Waals surface area contributed by atoms with Crippen molar-refractivity contribution < 1.29 is 0 Å². The molecule has 0 saturated carbocycles. The van der Waals surface area contributed by atoms with Gasteiger partial charge in [-0.15, -0.1) is 0 Å². The summed E-state index contributed by atoms with van der Waals surface area (Å²) >= 11 is 18.1. The molecule has 1 aliphatic rings. The number of likely N-dealkylation sites (N-methyl/N-ethyl adjacent to an activating group) is 1. The van der Waals surface area contributed by atoms with Gasteiger partial charge in [-0.3, -0.25) is 4.99 Å². The van der Waals surface area contributed by atoms with E-state index in [1.807, 2.05) is 6.08 Å². The van der Waals surface area contributed by atoms with Crippen LogP contribution in [0.2, 0.25) is 15.1 Å². The predicted octanol–water partition coefficient (Wildman–Crippen LogP) is 6.66. The summed E-state index contributed by atoms with van der Waals surface area (Å²) in [5.74, 6) is 0. The van der Waals surface area contributed by atoms with Crippen LogP contribution < -0.4 is 4.90 Å². The summed E-state index contributed by atoms with van der Waals surface area (Å²) in [6, 6.07) is 11.7. The minimum Gasteiger partial charge on any atom is -0.347 e. The number of halogens is 3. The fraction of sp³-hybridized carbons (Fsp3) is 0.211. The Morgan fingerprint density at radius 2 is 1.67 bits per heavy atom. The average molecular weight is 380 g/mol. The van der Waals surface area contributed by atoms with Gasteiger partial charge >= 0.3 is 0 Å². The van der Waals surface area contributed by atoms with Gasteiger partial charge in [0.15, 0.2) is 0 Å². The van der Waals surface area contributed by atoms with Gasteiger partial charge < -0.3 is 4.90 Å². The molecule has 0 atom stereocenters. The van der Waals surface area contributed by atoms with Gasteiger partial charge in [0.05, 0.1) is 20.8 Å². The second-order valence-corrected chi connectivity index (χ2v) is 7.47. The minimum absolute atomic E-state index is 0.0845. The average Bonchev–Trinajstić information content (AvgIpc) is 2.73. The lowest BCUT2D eigenvalue weighted by molar-refractivity contribution is 0.641. The molecular formula is C19H17Cl3N2. The van der Waals surface area contributed by atoms with Crippen LogP contribution in [0.1, 0.15) is 19.4 Å². The number of rotatable bonds is 2. The summed E-state index contributed by atoms with van der Waals surface area (Å²) in [5, 5.41) is 1.33. The second-order valence-electron chi connectivity index (χ2n) is 6.25. The van der Waals surface area contributed by atoms with Gasteiger partial charge in [-0.25, -0.2) is 0 Å². The van der Waals surface area contributed by atoms with Crippen molar-refractivity contribution in [2.45, 2.75) is 19.3 Å². The van der Waals surface area contributed by atoms with Crippen molar-refractivity contribution in [2.75, 3.05) is 11.9 Å². The number of hydrogen-bond acceptors (Lipinski definition) is 2. The zero-order valence-corrected chi connectivity index (χ0v) is 15.9. The van der Waals surface area contributed by atoms with Crippen LogP contribution in [0.15, 0.2) is 53.2 Å². The first-order valence-electron chi connectivity index (χ1n) is 7.55. The zero-order valence-electron chi connectivity index (χ0n) is 13.6. The fourth-order valence-electron chi connectivity index (χ4n) is 3.10. The van der Waals surface area contributed by atoms with E-state index in [1.165, 1.54) is 16.9 Å². The molecule has 0 aromatic heterocycles. The molecule has 0 unspecified atom stereocenters. The van der Waals surface area contributed by atoms with E-state index in [1.54, 1.807) is 18.3 Å². The van der Waals surface area contributed by atoms with Crippen LogP contribution in [0, 0.1) is 0 Å². The third-order valence-corrected chi connectivity index (χ3v) is 5.40. The molecule has 1 aliphatic heterocycles. The van der Waals surface area contributed by atoms with E-state index >= 15 is 0 Å². The quantitative estimate of drug-likeness (QED) is 0.420. The molecule has 3 rings (SSSR count). The van der Waals surface area contributed by atoms with Gasteiger partial charge in [0, 0.05) is 30.1 Å². The smallest absolute Gasteiger partial charge is 0.0831 e. The van der Waals surface area contributed by atoms with Crippen LogP contribution in [0.25, 0.3) is 0 Å². The Kier molecular flexibility index (Phi) is 4.65. The van der Waals surface area contributed by atoms with Gasteiger partial charge in [0.25, 0.3) is 0 Å². The Bertz CT molecular complexity index is 854. The van der Waals surface area contributed by atoms with E-state index in [4.69, 9.17) is 34.8 Å². The van der Waals surface area contributed by atoms with E-state index < -0.39 is 0 Å². The third-order valence-electron chi connectivity index (χ3n) is 4.38. The standard InChI is InChI=1S/C19H17Cl3N2/c1-19(2)12-6-4-5-7-17(12)24(3)18(19)8-9-23-16-11-14(21)13(20)10-15(16)22/h4-11H,1-3H3. The lowest BCUT2D eigenvalue weighted by Gasteiger charge is -2.23. The van der Waals surface area contributed by atoms with Crippen molar-refractivity contribution in [3.05, 3.63) is 68.8 Å². The Labute approximate surface area is 157 Å². The first kappa shape index (κ1) is 17.3. The van der Waals surface area contributed by atoms with E-state index in [0.717, 1.165) is 0 Å². The normalized spacial score (nSPS) is 17.8. The molecule has 124 valence electrons. The molecule has 0 radical (unpaired) electrons. The molecule has 1 heterocycles. The number of nitrogens with zero attached hydrogens (tertiary/aromatic N) is 2. The highest BCUT2D eigenvalue weighted by Gasteiger charge is 2.37. The highest BCUT2D eigenvalue weighted by atomic mass is 35.5. The van der Waals surface area contributed by atoms with Crippen LogP contribution in [0.4, 0.5) is 11.4 Å². The number of aliphatic imine (C=N–C) groups is 1. The number of hydrogen-bond donors (Lipinski definition) is 0. The van der Waals surface area contributed by atoms with E-state index in [0.29, 0.717) is 20.8 Å². The van der Waals surface area contributed by atoms with Gasteiger partial charge in [0.1, 0.15) is 0 Å². The summed E-state index contributed by atoms with van der Waals surface area (Å²) in [6.07, 6.45) is 3.77. The lowest BCUT2D eigenvalue weighted by atomic mass is 9.84. The first-order valence-corrected chi connectivity index (χ1v) is 8.68. The minimum atomic E-state index is -0.0845. The molecular weight excluding hydrogens is 363 g/mol. The topological polar surface area (TPSA) is 15.6 Å². The summed E-state index contributed by atoms with van der Waals surface area (Å²) in [7, 11) is 2.07. The van der Waals surface area contributed by atoms with Crippen molar-refractivity contribution in [3.63, 3.8) is 0 Å². The molecule has 2 aromatic carbocycles. The maximum atomic E-state index is 6.17. The molecule has 2 nitrogen and oxygen atoms in total. The maximum absolute atomic E-state index is 6.17. The van der Waals surface area contributed by atoms with Gasteiger partial charge in [0.2, 0.25) is 0 Å². The lowest BCUT2D eigenvalue weighted by Crippen LogP contribution is -2.23. The summed E-state index contributed by atoms with van der Waals surface area (Å²) in [4.78, 5) is 6.62. The fourth-order valence-corrected chi connectivity index (χ4v) is 3.69. The largest absolute Gasteiger partial charge is 0.347 e. The number of anilines is 1. The molecule has 5 heteroatoms. The molecule has 0 N–H and O–H groups in total. The van der Waals surface area contributed by atoms with E-state index in [-0.39, 0.29) is 5.41 Å². The first-order chi connectivity index (χ1) is 11.3. The maximum Gasteiger partial charge on any atom is 0.0831 e. The van der Waals surface area contributed by atoms with Crippen LogP contribution in [-0.4, -0.2) is 13.3 Å². The third kappa shape index (κ3) is 2.95. The Morgan fingerprint density at radius 1 is 1.00 bits per heavy atom. The van der Waals surface area contributed by atoms with Gasteiger partial charge in [-0.2, -0.15) is 0 Å². The number of para-hydroxylation sites is 1. The highest BCUT2D eigenvalue weighted by Crippen LogP contribution is 2.46. The van der Waals surface area contributed by atoms with Crippen LogP contribution in [-0.2, 0) is 5.41 Å². The van der Waals surface area contributed by atoms with Crippen molar-refractivity contribution >= 4 is 52.4 Å². The molecule has 24 heavy (non-hydrogen) atoms. The SMILES string of the molecule is CN1C(=CC=Nc2cc(Cl)c(Cl)cc2Cl)C(C)(C)c2ccccc21. The van der Waals surface area contributed by atoms with Gasteiger partial charge in [-0.1, -0.05) is 66.8 Å². The zero-order chi connectivity index (χ0) is 17.5. The number of allylic oxidation sites excluding steroid dienone is 2. The Balaban J connectivity index is 1.95. The van der Waals surface area contributed by atoms with Crippen molar-refractivity contribution in [1.82, 2.24) is 0 Å². The molecule has 0 saturated heterocycles. The molecule has 0 amide bonds. The van der Waals surface area contributed by atoms with Crippen molar-refractivity contribution in [1.29, 1.82) is 0 Å². The number of benzene rings is 2. The van der Waals surface area contributed by atoms with Crippen LogP contribution >= 0.6 is 34.8 Å². The monoisotopic (exact) mass is 378 g/mol. The second kappa shape index (κ2) is 6.44. The summed E-state index contributed by atoms with van der Waals surface area (Å²) < 4.78 is 0.